The third-order valence-electron chi connectivity index (χ3n) is 3.04. The number of nitrogens with one attached hydrogen (secondary N) is 2. The highest BCUT2D eigenvalue weighted by Crippen LogP contribution is 2.26. The summed E-state index contributed by atoms with van der Waals surface area (Å²) < 4.78 is 0. The zero-order valence-corrected chi connectivity index (χ0v) is 9.33. The normalized spacial score (nSPS) is 15.6. The monoisotopic (exact) mass is 224 g/mol. The van der Waals surface area contributed by atoms with Gasteiger partial charge in [0.2, 0.25) is 0 Å². The van der Waals surface area contributed by atoms with Gasteiger partial charge in [-0.05, 0) is 30.7 Å². The van der Waals surface area contributed by atoms with E-state index in [-0.39, 0.29) is 0 Å². The van der Waals surface area contributed by atoms with Crippen LogP contribution in [0.2, 0.25) is 0 Å². The number of hydrogen-bond donors (Lipinski definition) is 2. The van der Waals surface area contributed by atoms with Crippen molar-refractivity contribution in [2.75, 3.05) is 13.1 Å². The number of fused-ring (bicyclic) bond motifs is 1. The SMILES string of the molecule is N#Cc1cccc2[nH]nc(C3=CCCNC3)c12. The highest BCUT2D eigenvalue weighted by Gasteiger charge is 2.15. The van der Waals surface area contributed by atoms with E-state index in [0.29, 0.717) is 5.56 Å². The molecule has 0 atom stereocenters. The number of rotatable bonds is 1. The molecule has 0 bridgehead atoms. The minimum absolute atomic E-state index is 0.678. The molecule has 2 heterocycles. The van der Waals surface area contributed by atoms with Crippen LogP contribution in [0.15, 0.2) is 24.3 Å². The van der Waals surface area contributed by atoms with E-state index in [4.69, 9.17) is 5.26 Å². The lowest BCUT2D eigenvalue weighted by molar-refractivity contribution is 0.737. The maximum absolute atomic E-state index is 9.15. The van der Waals surface area contributed by atoms with Crippen LogP contribution in [0.1, 0.15) is 17.7 Å². The Morgan fingerprint density at radius 2 is 2.29 bits per heavy atom. The second kappa shape index (κ2) is 4.04. The smallest absolute Gasteiger partial charge is 0.0999 e. The van der Waals surface area contributed by atoms with Gasteiger partial charge in [-0.15, -0.1) is 0 Å². The van der Waals surface area contributed by atoms with Crippen LogP contribution in [0.3, 0.4) is 0 Å². The predicted octanol–water partition coefficient (Wildman–Crippen LogP) is 1.81. The van der Waals surface area contributed by atoms with Crippen molar-refractivity contribution in [1.82, 2.24) is 15.5 Å². The zero-order valence-electron chi connectivity index (χ0n) is 9.33. The predicted molar refractivity (Wildman–Crippen MR) is 66.3 cm³/mol. The molecule has 0 spiro atoms. The highest BCUT2D eigenvalue weighted by atomic mass is 15.1. The maximum atomic E-state index is 9.15. The fourth-order valence-electron chi connectivity index (χ4n) is 2.22. The molecule has 1 aliphatic heterocycles. The van der Waals surface area contributed by atoms with E-state index in [1.807, 2.05) is 18.2 Å². The van der Waals surface area contributed by atoms with Gasteiger partial charge in [0.25, 0.3) is 0 Å². The summed E-state index contributed by atoms with van der Waals surface area (Å²) in [6, 6.07) is 7.88. The quantitative estimate of drug-likeness (QED) is 0.776. The molecule has 1 aromatic heterocycles. The van der Waals surface area contributed by atoms with E-state index in [1.165, 1.54) is 5.57 Å². The van der Waals surface area contributed by atoms with Crippen molar-refractivity contribution < 1.29 is 0 Å². The Labute approximate surface area is 98.9 Å². The minimum Gasteiger partial charge on any atom is -0.312 e. The molecule has 2 aromatic rings. The number of H-pyrrole nitrogens is 1. The Kier molecular flexibility index (Phi) is 2.39. The van der Waals surface area contributed by atoms with Gasteiger partial charge in [0, 0.05) is 11.9 Å². The Hall–Kier alpha value is -2.12. The first-order chi connectivity index (χ1) is 8.40. The summed E-state index contributed by atoms with van der Waals surface area (Å²) in [7, 11) is 0. The molecule has 2 N–H and O–H groups in total. The molecular weight excluding hydrogens is 212 g/mol. The fourth-order valence-corrected chi connectivity index (χ4v) is 2.22. The third-order valence-corrected chi connectivity index (χ3v) is 3.04. The summed E-state index contributed by atoms with van der Waals surface area (Å²) in [5, 5.41) is 20.7. The van der Waals surface area contributed by atoms with E-state index in [2.05, 4.69) is 27.7 Å². The van der Waals surface area contributed by atoms with Gasteiger partial charge in [0.15, 0.2) is 0 Å². The maximum Gasteiger partial charge on any atom is 0.0999 e. The van der Waals surface area contributed by atoms with Crippen molar-refractivity contribution in [2.24, 2.45) is 0 Å². The van der Waals surface area contributed by atoms with Crippen molar-refractivity contribution in [3.63, 3.8) is 0 Å². The largest absolute Gasteiger partial charge is 0.312 e. The number of aromatic amines is 1. The number of hydrogen-bond acceptors (Lipinski definition) is 3. The average molecular weight is 224 g/mol. The van der Waals surface area contributed by atoms with Crippen LogP contribution >= 0.6 is 0 Å². The Bertz CT molecular complexity index is 630. The van der Waals surface area contributed by atoms with Crippen LogP contribution in [-0.2, 0) is 0 Å². The van der Waals surface area contributed by atoms with E-state index in [9.17, 15) is 0 Å². The zero-order chi connectivity index (χ0) is 11.7. The topological polar surface area (TPSA) is 64.5 Å². The van der Waals surface area contributed by atoms with Crippen LogP contribution in [-0.4, -0.2) is 23.3 Å². The van der Waals surface area contributed by atoms with Gasteiger partial charge in [-0.1, -0.05) is 12.1 Å². The second-order valence-corrected chi connectivity index (χ2v) is 4.11. The summed E-state index contributed by atoms with van der Waals surface area (Å²) in [4.78, 5) is 0. The Morgan fingerprint density at radius 3 is 3.06 bits per heavy atom. The highest BCUT2D eigenvalue weighted by molar-refractivity contribution is 5.94. The van der Waals surface area contributed by atoms with Crippen LogP contribution in [0.4, 0.5) is 0 Å². The van der Waals surface area contributed by atoms with E-state index < -0.39 is 0 Å². The Morgan fingerprint density at radius 1 is 1.35 bits per heavy atom. The first-order valence-electron chi connectivity index (χ1n) is 5.67. The first kappa shape index (κ1) is 10.1. The minimum atomic E-state index is 0.678. The van der Waals surface area contributed by atoms with Gasteiger partial charge in [-0.2, -0.15) is 10.4 Å². The number of aromatic nitrogens is 2. The van der Waals surface area contributed by atoms with Gasteiger partial charge < -0.3 is 5.32 Å². The molecule has 84 valence electrons. The van der Waals surface area contributed by atoms with Gasteiger partial charge in [-0.3, -0.25) is 5.10 Å². The third kappa shape index (κ3) is 1.61. The lowest BCUT2D eigenvalue weighted by Gasteiger charge is -2.12. The number of benzene rings is 1. The standard InChI is InChI=1S/C13H12N4/c14-7-9-3-1-5-11-12(9)13(17-16-11)10-4-2-6-15-8-10/h1,3-5,15H,2,6,8H2,(H,16,17). The van der Waals surface area contributed by atoms with Gasteiger partial charge in [-0.25, -0.2) is 0 Å². The van der Waals surface area contributed by atoms with Crippen LogP contribution < -0.4 is 5.32 Å². The molecule has 4 heteroatoms. The lowest BCUT2D eigenvalue weighted by Crippen LogP contribution is -2.21. The summed E-state index contributed by atoms with van der Waals surface area (Å²) >= 11 is 0. The van der Waals surface area contributed by atoms with Crippen LogP contribution in [0, 0.1) is 11.3 Å². The molecule has 0 unspecified atom stereocenters. The summed E-state index contributed by atoms with van der Waals surface area (Å²) in [5.41, 5.74) is 3.68. The lowest BCUT2D eigenvalue weighted by atomic mass is 10.0. The number of nitrogens with zero attached hydrogens (tertiary/aromatic N) is 2. The molecule has 17 heavy (non-hydrogen) atoms. The summed E-state index contributed by atoms with van der Waals surface area (Å²) in [6.45, 7) is 1.83. The molecule has 0 aliphatic carbocycles. The molecule has 1 aliphatic rings. The first-order valence-corrected chi connectivity index (χ1v) is 5.67. The van der Waals surface area contributed by atoms with Crippen molar-refractivity contribution in [2.45, 2.75) is 6.42 Å². The molecule has 0 saturated heterocycles. The van der Waals surface area contributed by atoms with Crippen LogP contribution in [0.25, 0.3) is 16.5 Å². The summed E-state index contributed by atoms with van der Waals surface area (Å²) in [6.07, 6.45) is 3.21. The van der Waals surface area contributed by atoms with E-state index in [1.54, 1.807) is 0 Å². The second-order valence-electron chi connectivity index (χ2n) is 4.11. The molecular formula is C13H12N4. The number of nitriles is 1. The molecule has 0 amide bonds. The van der Waals surface area contributed by atoms with Crippen molar-refractivity contribution in [3.05, 3.63) is 35.5 Å². The van der Waals surface area contributed by atoms with Gasteiger partial charge in [0.05, 0.1) is 22.8 Å². The molecule has 1 aromatic carbocycles. The van der Waals surface area contributed by atoms with E-state index in [0.717, 1.165) is 36.1 Å². The fraction of sp³-hybridized carbons (Fsp3) is 0.231. The van der Waals surface area contributed by atoms with Crippen molar-refractivity contribution in [3.8, 4) is 6.07 Å². The Balaban J connectivity index is 2.24. The molecule has 0 saturated carbocycles. The van der Waals surface area contributed by atoms with E-state index >= 15 is 0 Å². The molecule has 4 nitrogen and oxygen atoms in total. The summed E-state index contributed by atoms with van der Waals surface area (Å²) in [5.74, 6) is 0. The van der Waals surface area contributed by atoms with Gasteiger partial charge >= 0.3 is 0 Å². The average Bonchev–Trinajstić information content (AvgIpc) is 2.83. The molecule has 0 fully saturated rings. The molecule has 3 rings (SSSR count). The van der Waals surface area contributed by atoms with Crippen molar-refractivity contribution >= 4 is 16.5 Å². The molecule has 0 radical (unpaired) electrons. The van der Waals surface area contributed by atoms with Gasteiger partial charge in [0.1, 0.15) is 0 Å². The van der Waals surface area contributed by atoms with Crippen LogP contribution in [0.5, 0.6) is 0 Å². The van der Waals surface area contributed by atoms with Crippen molar-refractivity contribution in [1.29, 1.82) is 5.26 Å².